The second-order valence-corrected chi connectivity index (χ2v) is 3.96. The fraction of sp³-hybridized carbons (Fsp3) is 0.833. The molecule has 10 heteroatoms. The predicted molar refractivity (Wildman–Crippen MR) is 69.2 cm³/mol. The molecular weight excluding hydrogens is 304 g/mol. The largest absolute Gasteiger partial charge is 0.542 e. The quantitative estimate of drug-likeness (QED) is 0.242. The van der Waals surface area contributed by atoms with Crippen LogP contribution in [0.1, 0.15) is 26.7 Å². The molecule has 22 heavy (non-hydrogen) atoms. The summed E-state index contributed by atoms with van der Waals surface area (Å²) in [5.41, 5.74) is 0. The Morgan fingerprint density at radius 2 is 1.14 bits per heavy atom. The third kappa shape index (κ3) is 10.2. The maximum absolute atomic E-state index is 11.0. The van der Waals surface area contributed by atoms with Crippen LogP contribution < -0.4 is 0 Å². The van der Waals surface area contributed by atoms with E-state index in [9.17, 15) is 9.59 Å². The van der Waals surface area contributed by atoms with E-state index in [-0.39, 0.29) is 25.4 Å². The molecule has 0 fully saturated rings. The summed E-state index contributed by atoms with van der Waals surface area (Å²) < 4.78 is 19.2. The Kier molecular flexibility index (Phi) is 12.1. The minimum atomic E-state index is -1.18. The van der Waals surface area contributed by atoms with E-state index in [0.717, 1.165) is 0 Å². The number of ether oxygens (including phenoxy) is 4. The highest BCUT2D eigenvalue weighted by Crippen LogP contribution is 2.00. The van der Waals surface area contributed by atoms with Crippen molar-refractivity contribution < 1.29 is 48.4 Å². The predicted octanol–water partition coefficient (Wildman–Crippen LogP) is 1.92. The van der Waals surface area contributed by atoms with Crippen molar-refractivity contribution in [3.8, 4) is 0 Å². The Morgan fingerprint density at radius 1 is 0.773 bits per heavy atom. The van der Waals surface area contributed by atoms with Gasteiger partial charge in [0.05, 0.1) is 12.2 Å². The minimum Gasteiger partial charge on any atom is -0.430 e. The van der Waals surface area contributed by atoms with Crippen LogP contribution in [0.4, 0.5) is 9.59 Å². The smallest absolute Gasteiger partial charge is 0.430 e. The van der Waals surface area contributed by atoms with Gasteiger partial charge in [0, 0.05) is 24.3 Å². The Hall–Kier alpha value is -1.62. The molecular formula is C12H22O10. The summed E-state index contributed by atoms with van der Waals surface area (Å²) in [6.45, 7) is 3.67. The van der Waals surface area contributed by atoms with Crippen molar-refractivity contribution in [2.45, 2.75) is 38.9 Å². The van der Waals surface area contributed by atoms with E-state index in [1.54, 1.807) is 0 Å². The summed E-state index contributed by atoms with van der Waals surface area (Å²) in [5.74, 6) is 0. The molecule has 0 aliphatic carbocycles. The molecule has 130 valence electrons. The van der Waals surface area contributed by atoms with Gasteiger partial charge in [-0.2, -0.15) is 0 Å². The number of hydrogen-bond donors (Lipinski definition) is 0. The number of carbonyl (C=O) groups is 2. The van der Waals surface area contributed by atoms with Gasteiger partial charge in [-0.15, -0.1) is 0 Å². The maximum atomic E-state index is 11.0. The lowest BCUT2D eigenvalue weighted by atomic mass is 10.3. The molecule has 2 atom stereocenters. The SMILES string of the molecule is CCC(COC(=O)OOOOC(=O)OCC(CC)OC)OC. The van der Waals surface area contributed by atoms with E-state index in [4.69, 9.17) is 9.47 Å². The van der Waals surface area contributed by atoms with Gasteiger partial charge in [-0.05, 0) is 12.8 Å². The molecule has 0 aromatic heterocycles. The molecule has 0 aliphatic rings. The molecule has 10 nitrogen and oxygen atoms in total. The van der Waals surface area contributed by atoms with Crippen molar-refractivity contribution in [3.63, 3.8) is 0 Å². The third-order valence-electron chi connectivity index (χ3n) is 2.58. The number of hydrogen-bond acceptors (Lipinski definition) is 10. The van der Waals surface area contributed by atoms with E-state index >= 15 is 0 Å². The first-order chi connectivity index (χ1) is 10.6. The van der Waals surface area contributed by atoms with Gasteiger partial charge in [0.2, 0.25) is 0 Å². The highest BCUT2D eigenvalue weighted by atomic mass is 17.7. The van der Waals surface area contributed by atoms with Gasteiger partial charge >= 0.3 is 12.3 Å². The summed E-state index contributed by atoms with van der Waals surface area (Å²) in [6, 6.07) is 0. The van der Waals surface area contributed by atoms with Crippen LogP contribution in [0.25, 0.3) is 0 Å². The fourth-order valence-electron chi connectivity index (χ4n) is 1.16. The van der Waals surface area contributed by atoms with Crippen LogP contribution in [0, 0.1) is 0 Å². The molecule has 0 saturated carbocycles. The first kappa shape index (κ1) is 20.4. The highest BCUT2D eigenvalue weighted by Gasteiger charge is 2.14. The lowest BCUT2D eigenvalue weighted by Gasteiger charge is -2.12. The van der Waals surface area contributed by atoms with E-state index in [1.807, 2.05) is 13.8 Å². The van der Waals surface area contributed by atoms with Gasteiger partial charge in [0.15, 0.2) is 0 Å². The first-order valence-electron chi connectivity index (χ1n) is 6.64. The third-order valence-corrected chi connectivity index (χ3v) is 2.58. The Bertz CT molecular complexity index is 270. The first-order valence-corrected chi connectivity index (χ1v) is 6.64. The lowest BCUT2D eigenvalue weighted by molar-refractivity contribution is -0.601. The van der Waals surface area contributed by atoms with Crippen LogP contribution in [-0.2, 0) is 38.8 Å². The molecule has 0 aromatic carbocycles. The summed E-state index contributed by atoms with van der Waals surface area (Å²) in [7, 11) is 2.96. The zero-order chi connectivity index (χ0) is 16.8. The molecule has 0 heterocycles. The van der Waals surface area contributed by atoms with Crippen LogP contribution in [0.2, 0.25) is 0 Å². The van der Waals surface area contributed by atoms with Crippen LogP contribution in [0.3, 0.4) is 0 Å². The van der Waals surface area contributed by atoms with Crippen molar-refractivity contribution in [1.29, 1.82) is 0 Å². The van der Waals surface area contributed by atoms with Crippen LogP contribution in [-0.4, -0.2) is 52.0 Å². The van der Waals surface area contributed by atoms with Crippen molar-refractivity contribution in [2.24, 2.45) is 0 Å². The monoisotopic (exact) mass is 326 g/mol. The minimum absolute atomic E-state index is 0.0203. The van der Waals surface area contributed by atoms with Crippen LogP contribution >= 0.6 is 0 Å². The number of carbonyl (C=O) groups excluding carboxylic acids is 2. The molecule has 0 bridgehead atoms. The average molecular weight is 326 g/mol. The van der Waals surface area contributed by atoms with Gasteiger partial charge in [-0.3, -0.25) is 0 Å². The van der Waals surface area contributed by atoms with Crippen molar-refractivity contribution >= 4 is 12.3 Å². The van der Waals surface area contributed by atoms with Crippen LogP contribution in [0.5, 0.6) is 0 Å². The maximum Gasteiger partial charge on any atom is 0.542 e. The van der Waals surface area contributed by atoms with Crippen molar-refractivity contribution in [3.05, 3.63) is 0 Å². The highest BCUT2D eigenvalue weighted by molar-refractivity contribution is 5.59. The van der Waals surface area contributed by atoms with Gasteiger partial charge in [-0.1, -0.05) is 13.8 Å². The Morgan fingerprint density at radius 3 is 1.41 bits per heavy atom. The van der Waals surface area contributed by atoms with Crippen LogP contribution in [0.15, 0.2) is 0 Å². The van der Waals surface area contributed by atoms with Crippen molar-refractivity contribution in [2.75, 3.05) is 27.4 Å². The lowest BCUT2D eigenvalue weighted by Crippen LogP contribution is -2.22. The molecule has 0 radical (unpaired) electrons. The van der Waals surface area contributed by atoms with Gasteiger partial charge in [0.1, 0.15) is 13.2 Å². The molecule has 0 saturated heterocycles. The molecule has 0 N–H and O–H groups in total. The van der Waals surface area contributed by atoms with E-state index < -0.39 is 12.3 Å². The summed E-state index contributed by atoms with van der Waals surface area (Å²) in [4.78, 5) is 30.1. The summed E-state index contributed by atoms with van der Waals surface area (Å²) in [6.07, 6.45) is -1.58. The second kappa shape index (κ2) is 13.1. The van der Waals surface area contributed by atoms with E-state index in [1.165, 1.54) is 14.2 Å². The molecule has 0 rings (SSSR count). The average Bonchev–Trinajstić information content (AvgIpc) is 2.53. The topological polar surface area (TPSA) is 108 Å². The number of methoxy groups -OCH3 is 2. The zero-order valence-corrected chi connectivity index (χ0v) is 13.1. The molecule has 0 aromatic rings. The summed E-state index contributed by atoms with van der Waals surface area (Å²) in [5, 5.41) is 7.71. The van der Waals surface area contributed by atoms with Gasteiger partial charge in [0.25, 0.3) is 0 Å². The molecule has 2 unspecified atom stereocenters. The molecule has 0 spiro atoms. The van der Waals surface area contributed by atoms with Gasteiger partial charge in [-0.25, -0.2) is 19.4 Å². The second-order valence-electron chi connectivity index (χ2n) is 3.96. The Labute approximate surface area is 128 Å². The Balaban J connectivity index is 3.62. The van der Waals surface area contributed by atoms with E-state index in [2.05, 4.69) is 29.3 Å². The standard InChI is InChI=1S/C12H22O10/c1-5-9(15-3)7-17-11(13)19-21-22-20-12(14)18-8-10(6-2)16-4/h9-10H,5-8H2,1-4H3. The fourth-order valence-corrected chi connectivity index (χ4v) is 1.16. The molecule has 0 amide bonds. The molecule has 0 aliphatic heterocycles. The van der Waals surface area contributed by atoms with Crippen molar-refractivity contribution in [1.82, 2.24) is 0 Å². The normalized spacial score (nSPS) is 13.1. The zero-order valence-electron chi connectivity index (χ0n) is 13.1. The van der Waals surface area contributed by atoms with E-state index in [0.29, 0.717) is 12.8 Å². The summed E-state index contributed by atoms with van der Waals surface area (Å²) >= 11 is 0. The number of rotatable bonds is 11. The van der Waals surface area contributed by atoms with Gasteiger partial charge < -0.3 is 18.9 Å².